The van der Waals surface area contributed by atoms with Crippen molar-refractivity contribution < 1.29 is 4.74 Å². The fourth-order valence-electron chi connectivity index (χ4n) is 1.91. The van der Waals surface area contributed by atoms with E-state index in [1.54, 1.807) is 12.4 Å². The van der Waals surface area contributed by atoms with Crippen molar-refractivity contribution in [3.05, 3.63) is 54.4 Å². The summed E-state index contributed by atoms with van der Waals surface area (Å²) in [6, 6.07) is 11.7. The molecule has 0 unspecified atom stereocenters. The quantitative estimate of drug-likeness (QED) is 0.759. The monoisotopic (exact) mass is 251 g/mol. The molecule has 0 aliphatic rings. The lowest BCUT2D eigenvalue weighted by Crippen LogP contribution is -1.94. The van der Waals surface area contributed by atoms with Crippen molar-refractivity contribution in [2.75, 3.05) is 5.73 Å². The van der Waals surface area contributed by atoms with Gasteiger partial charge in [-0.1, -0.05) is 18.2 Å². The molecule has 0 spiro atoms. The van der Waals surface area contributed by atoms with Crippen LogP contribution in [0.4, 0.5) is 5.69 Å². The average Bonchev–Trinajstić information content (AvgIpc) is 2.42. The summed E-state index contributed by atoms with van der Waals surface area (Å²) in [4.78, 5) is 8.53. The van der Waals surface area contributed by atoms with E-state index in [9.17, 15) is 0 Å². The molecule has 4 nitrogen and oxygen atoms in total. The Hall–Kier alpha value is -2.62. The Kier molecular flexibility index (Phi) is 2.76. The number of pyridine rings is 2. The van der Waals surface area contributed by atoms with E-state index in [2.05, 4.69) is 9.97 Å². The van der Waals surface area contributed by atoms with Crippen LogP contribution in [0.3, 0.4) is 0 Å². The van der Waals surface area contributed by atoms with Gasteiger partial charge in [0.25, 0.3) is 0 Å². The first-order valence-corrected chi connectivity index (χ1v) is 5.97. The van der Waals surface area contributed by atoms with Gasteiger partial charge in [0.15, 0.2) is 0 Å². The second-order valence-corrected chi connectivity index (χ2v) is 4.36. The molecule has 3 aromatic rings. The fraction of sp³-hybridized carbons (Fsp3) is 0.0667. The van der Waals surface area contributed by atoms with Crippen molar-refractivity contribution >= 4 is 16.6 Å². The van der Waals surface area contributed by atoms with E-state index >= 15 is 0 Å². The Morgan fingerprint density at radius 3 is 2.74 bits per heavy atom. The Bertz CT molecular complexity index is 740. The van der Waals surface area contributed by atoms with Crippen LogP contribution in [0.25, 0.3) is 10.9 Å². The number of nitrogens with two attached hydrogens (primary N) is 1. The van der Waals surface area contributed by atoms with E-state index in [1.807, 2.05) is 43.3 Å². The van der Waals surface area contributed by atoms with Crippen LogP contribution in [0.2, 0.25) is 0 Å². The highest BCUT2D eigenvalue weighted by Crippen LogP contribution is 2.25. The van der Waals surface area contributed by atoms with Crippen LogP contribution in [-0.4, -0.2) is 9.97 Å². The van der Waals surface area contributed by atoms with Gasteiger partial charge in [0.05, 0.1) is 23.6 Å². The number of ether oxygens (including phenoxy) is 1. The molecular formula is C15H13N3O. The molecule has 4 heteroatoms. The van der Waals surface area contributed by atoms with E-state index in [4.69, 9.17) is 10.5 Å². The summed E-state index contributed by atoms with van der Waals surface area (Å²) in [6.07, 6.45) is 3.27. The minimum atomic E-state index is 0.547. The SMILES string of the molecule is Cc1cc(N)cnc1Oc1cnc2ccccc2c1. The van der Waals surface area contributed by atoms with Gasteiger partial charge in [0.1, 0.15) is 5.75 Å². The van der Waals surface area contributed by atoms with Gasteiger partial charge in [-0.2, -0.15) is 0 Å². The summed E-state index contributed by atoms with van der Waals surface area (Å²) in [5.41, 5.74) is 8.13. The maximum Gasteiger partial charge on any atom is 0.222 e. The second-order valence-electron chi connectivity index (χ2n) is 4.36. The molecule has 1 aromatic carbocycles. The number of hydrogen-bond donors (Lipinski definition) is 1. The smallest absolute Gasteiger partial charge is 0.222 e. The number of para-hydroxylation sites is 1. The maximum atomic E-state index is 5.74. The van der Waals surface area contributed by atoms with Crippen LogP contribution in [0.1, 0.15) is 5.56 Å². The van der Waals surface area contributed by atoms with Gasteiger partial charge in [-0.05, 0) is 25.1 Å². The predicted molar refractivity (Wildman–Crippen MR) is 75.2 cm³/mol. The van der Waals surface area contributed by atoms with Gasteiger partial charge in [-0.3, -0.25) is 4.98 Å². The molecule has 0 aliphatic heterocycles. The number of anilines is 1. The van der Waals surface area contributed by atoms with Crippen LogP contribution in [0.5, 0.6) is 11.6 Å². The lowest BCUT2D eigenvalue weighted by molar-refractivity contribution is 0.458. The van der Waals surface area contributed by atoms with Crippen molar-refractivity contribution in [2.24, 2.45) is 0 Å². The lowest BCUT2D eigenvalue weighted by Gasteiger charge is -2.08. The molecule has 0 fully saturated rings. The van der Waals surface area contributed by atoms with E-state index in [0.29, 0.717) is 17.3 Å². The molecule has 0 bridgehead atoms. The van der Waals surface area contributed by atoms with Crippen LogP contribution < -0.4 is 10.5 Å². The molecular weight excluding hydrogens is 238 g/mol. The zero-order valence-corrected chi connectivity index (χ0v) is 10.5. The number of fused-ring (bicyclic) bond motifs is 1. The maximum absolute atomic E-state index is 5.74. The highest BCUT2D eigenvalue weighted by molar-refractivity contribution is 5.79. The highest BCUT2D eigenvalue weighted by atomic mass is 16.5. The summed E-state index contributed by atoms with van der Waals surface area (Å²) in [7, 11) is 0. The number of aryl methyl sites for hydroxylation is 1. The van der Waals surface area contributed by atoms with Gasteiger partial charge in [0, 0.05) is 10.9 Å². The van der Waals surface area contributed by atoms with E-state index in [0.717, 1.165) is 16.5 Å². The number of nitrogen functional groups attached to an aromatic ring is 1. The van der Waals surface area contributed by atoms with E-state index in [-0.39, 0.29) is 0 Å². The Labute approximate surface area is 110 Å². The largest absolute Gasteiger partial charge is 0.437 e. The zero-order chi connectivity index (χ0) is 13.2. The summed E-state index contributed by atoms with van der Waals surface area (Å²) in [6.45, 7) is 1.91. The Morgan fingerprint density at radius 1 is 1.05 bits per heavy atom. The molecule has 0 saturated carbocycles. The van der Waals surface area contributed by atoms with Gasteiger partial charge < -0.3 is 10.5 Å². The second kappa shape index (κ2) is 4.57. The molecule has 0 aliphatic carbocycles. The van der Waals surface area contributed by atoms with Crippen LogP contribution >= 0.6 is 0 Å². The molecule has 2 N–H and O–H groups in total. The third kappa shape index (κ3) is 2.33. The average molecular weight is 251 g/mol. The number of benzene rings is 1. The van der Waals surface area contributed by atoms with Crippen molar-refractivity contribution in [3.63, 3.8) is 0 Å². The number of nitrogens with zero attached hydrogens (tertiary/aromatic N) is 2. The Balaban J connectivity index is 1.96. The zero-order valence-electron chi connectivity index (χ0n) is 10.5. The van der Waals surface area contributed by atoms with Crippen molar-refractivity contribution in [2.45, 2.75) is 6.92 Å². The number of rotatable bonds is 2. The van der Waals surface area contributed by atoms with Gasteiger partial charge in [-0.25, -0.2) is 4.98 Å². The molecule has 2 heterocycles. The molecule has 3 rings (SSSR count). The first-order valence-electron chi connectivity index (χ1n) is 5.97. The van der Waals surface area contributed by atoms with Gasteiger partial charge in [0.2, 0.25) is 5.88 Å². The van der Waals surface area contributed by atoms with E-state index in [1.165, 1.54) is 0 Å². The molecule has 0 saturated heterocycles. The molecule has 0 amide bonds. The topological polar surface area (TPSA) is 61.0 Å². The Morgan fingerprint density at radius 2 is 1.89 bits per heavy atom. The standard InChI is InChI=1S/C15H13N3O/c1-10-6-12(16)8-18-15(10)19-13-7-11-4-2-3-5-14(11)17-9-13/h2-9H,16H2,1H3. The number of hydrogen-bond acceptors (Lipinski definition) is 4. The third-order valence-electron chi connectivity index (χ3n) is 2.83. The minimum Gasteiger partial charge on any atom is -0.437 e. The highest BCUT2D eigenvalue weighted by Gasteiger charge is 2.05. The molecule has 0 radical (unpaired) electrons. The summed E-state index contributed by atoms with van der Waals surface area (Å²) in [5.74, 6) is 1.21. The predicted octanol–water partition coefficient (Wildman–Crippen LogP) is 3.31. The van der Waals surface area contributed by atoms with Crippen LogP contribution in [0.15, 0.2) is 48.8 Å². The first kappa shape index (κ1) is 11.5. The number of aromatic nitrogens is 2. The van der Waals surface area contributed by atoms with Gasteiger partial charge in [-0.15, -0.1) is 0 Å². The summed E-state index contributed by atoms with van der Waals surface area (Å²) < 4.78 is 5.74. The van der Waals surface area contributed by atoms with Crippen molar-refractivity contribution in [1.29, 1.82) is 0 Å². The normalized spacial score (nSPS) is 10.6. The van der Waals surface area contributed by atoms with Gasteiger partial charge >= 0.3 is 0 Å². The first-order chi connectivity index (χ1) is 9.22. The molecule has 0 atom stereocenters. The molecule has 94 valence electrons. The molecule has 19 heavy (non-hydrogen) atoms. The molecule has 2 aromatic heterocycles. The van der Waals surface area contributed by atoms with Crippen LogP contribution in [-0.2, 0) is 0 Å². The summed E-state index contributed by atoms with van der Waals surface area (Å²) in [5, 5.41) is 1.04. The lowest BCUT2D eigenvalue weighted by atomic mass is 10.2. The fourth-order valence-corrected chi connectivity index (χ4v) is 1.91. The van der Waals surface area contributed by atoms with Crippen LogP contribution in [0, 0.1) is 6.92 Å². The van der Waals surface area contributed by atoms with Crippen molar-refractivity contribution in [3.8, 4) is 11.6 Å². The third-order valence-corrected chi connectivity index (χ3v) is 2.83. The minimum absolute atomic E-state index is 0.547. The van der Waals surface area contributed by atoms with E-state index < -0.39 is 0 Å². The van der Waals surface area contributed by atoms with Crippen molar-refractivity contribution in [1.82, 2.24) is 9.97 Å². The summed E-state index contributed by atoms with van der Waals surface area (Å²) >= 11 is 0.